The molecule has 0 amide bonds. The first-order chi connectivity index (χ1) is 32.4. The predicted molar refractivity (Wildman–Crippen MR) is 289 cm³/mol. The molecule has 0 radical (unpaired) electrons. The quantitative estimate of drug-likeness (QED) is 0.161. The van der Waals surface area contributed by atoms with Crippen LogP contribution in [0.2, 0.25) is 0 Å². The van der Waals surface area contributed by atoms with E-state index in [0.717, 1.165) is 0 Å². The molecule has 8 aromatic carbocycles. The number of benzene rings is 8. The number of thiophene rings is 1. The molecular formula is C62H52BN3S. The number of fused-ring (bicyclic) bond motifs is 13. The first kappa shape index (κ1) is 39.4. The van der Waals surface area contributed by atoms with Crippen molar-refractivity contribution in [1.29, 1.82) is 0 Å². The second-order valence-corrected chi connectivity index (χ2v) is 23.1. The number of para-hydroxylation sites is 3. The van der Waals surface area contributed by atoms with Crippen LogP contribution in [-0.4, -0.2) is 15.8 Å². The van der Waals surface area contributed by atoms with Gasteiger partial charge in [0.15, 0.2) is 0 Å². The minimum atomic E-state index is 0.00372. The SMILES string of the molecule is CC(C)(C)c1ccc2sc3c(c2c1)N(c1ccc2c(c1)C(C)(C)CCC2(C)C)c1cc(-c2ccccc2)cc2c1B3c1cccc3c4cc5c6ccccc6n(-c6ccccc6)c5cc4n-2c13. The predicted octanol–water partition coefficient (Wildman–Crippen LogP) is 15.0. The smallest absolute Gasteiger partial charge is 0.264 e. The molecular weight excluding hydrogens is 830 g/mol. The van der Waals surface area contributed by atoms with Gasteiger partial charge in [0.25, 0.3) is 6.71 Å². The molecule has 0 fully saturated rings. The molecule has 5 heterocycles. The van der Waals surface area contributed by atoms with Crippen LogP contribution in [0.4, 0.5) is 17.1 Å². The van der Waals surface area contributed by atoms with Gasteiger partial charge in [0, 0.05) is 64.7 Å². The summed E-state index contributed by atoms with van der Waals surface area (Å²) < 4.78 is 7.89. The Bertz CT molecular complexity index is 3910. The van der Waals surface area contributed by atoms with Crippen molar-refractivity contribution in [3.63, 3.8) is 0 Å². The normalized spacial score (nSPS) is 15.7. The van der Waals surface area contributed by atoms with E-state index in [2.05, 4.69) is 226 Å². The van der Waals surface area contributed by atoms with Gasteiger partial charge in [-0.1, -0.05) is 146 Å². The molecule has 0 saturated carbocycles. The number of hydrogen-bond acceptors (Lipinski definition) is 2. The average molecular weight is 882 g/mol. The third-order valence-electron chi connectivity index (χ3n) is 16.1. The van der Waals surface area contributed by atoms with E-state index in [1.807, 2.05) is 11.3 Å². The van der Waals surface area contributed by atoms with E-state index in [1.165, 1.54) is 138 Å². The Morgan fingerprint density at radius 2 is 1.19 bits per heavy atom. The lowest BCUT2D eigenvalue weighted by Crippen LogP contribution is -2.59. The Morgan fingerprint density at radius 3 is 1.99 bits per heavy atom. The molecule has 0 N–H and O–H groups in total. The summed E-state index contributed by atoms with van der Waals surface area (Å²) in [7, 11) is 0. The van der Waals surface area contributed by atoms with Crippen LogP contribution in [0.5, 0.6) is 0 Å². The second kappa shape index (κ2) is 13.4. The van der Waals surface area contributed by atoms with Gasteiger partial charge in [0.05, 0.1) is 22.2 Å². The van der Waals surface area contributed by atoms with Gasteiger partial charge in [-0.2, -0.15) is 0 Å². The van der Waals surface area contributed by atoms with E-state index in [0.29, 0.717) is 0 Å². The lowest BCUT2D eigenvalue weighted by atomic mass is 9.36. The highest BCUT2D eigenvalue weighted by molar-refractivity contribution is 7.33. The van der Waals surface area contributed by atoms with E-state index >= 15 is 0 Å². The Hall–Kier alpha value is -6.82. The highest BCUT2D eigenvalue weighted by atomic mass is 32.1. The molecule has 0 bridgehead atoms. The van der Waals surface area contributed by atoms with Crippen LogP contribution >= 0.6 is 11.3 Å². The van der Waals surface area contributed by atoms with Gasteiger partial charge in [0.1, 0.15) is 0 Å². The maximum atomic E-state index is 2.70. The Kier molecular flexibility index (Phi) is 7.88. The number of rotatable bonds is 3. The molecule has 0 atom stereocenters. The van der Waals surface area contributed by atoms with Crippen LogP contribution in [0.25, 0.3) is 76.2 Å². The van der Waals surface area contributed by atoms with Gasteiger partial charge in [-0.25, -0.2) is 0 Å². The average Bonchev–Trinajstić information content (AvgIpc) is 3.99. The van der Waals surface area contributed by atoms with Gasteiger partial charge in [-0.05, 0) is 135 Å². The molecule has 11 aromatic rings. The van der Waals surface area contributed by atoms with Gasteiger partial charge >= 0.3 is 0 Å². The number of anilines is 3. The molecule has 3 aliphatic rings. The minimum Gasteiger partial charge on any atom is -0.310 e. The van der Waals surface area contributed by atoms with E-state index in [1.54, 1.807) is 0 Å². The molecule has 67 heavy (non-hydrogen) atoms. The van der Waals surface area contributed by atoms with Crippen molar-refractivity contribution in [2.45, 2.75) is 77.6 Å². The van der Waals surface area contributed by atoms with Crippen LogP contribution < -0.4 is 20.6 Å². The fourth-order valence-electron chi connectivity index (χ4n) is 12.5. The summed E-state index contributed by atoms with van der Waals surface area (Å²) in [5.41, 5.74) is 21.0. The second-order valence-electron chi connectivity index (χ2n) is 22.0. The Labute approximate surface area is 397 Å². The fourth-order valence-corrected chi connectivity index (χ4v) is 13.8. The maximum absolute atomic E-state index is 2.70. The van der Waals surface area contributed by atoms with Crippen LogP contribution in [-0.2, 0) is 16.2 Å². The molecule has 2 aliphatic heterocycles. The summed E-state index contributed by atoms with van der Waals surface area (Å²) in [6, 6.07) is 62.9. The minimum absolute atomic E-state index is 0.00372. The van der Waals surface area contributed by atoms with E-state index in [4.69, 9.17) is 0 Å². The molecule has 14 rings (SSSR count). The Morgan fingerprint density at radius 1 is 0.507 bits per heavy atom. The number of aromatic nitrogens is 2. The zero-order chi connectivity index (χ0) is 45.3. The van der Waals surface area contributed by atoms with Crippen molar-refractivity contribution >= 4 is 105 Å². The van der Waals surface area contributed by atoms with Crippen molar-refractivity contribution in [3.8, 4) is 22.5 Å². The summed E-state index contributed by atoms with van der Waals surface area (Å²) in [4.78, 5) is 2.70. The van der Waals surface area contributed by atoms with Gasteiger partial charge < -0.3 is 14.0 Å². The summed E-state index contributed by atoms with van der Waals surface area (Å²) in [5, 5.41) is 6.50. The molecule has 0 saturated heterocycles. The standard InChI is InChI=1S/C62H52BN3S/c1-60(2,3)39-25-28-55-46(33-39)58-59(67-55)63-49-23-16-22-43-45-35-44-42-21-14-15-24-50(42)64(40-19-12-9-13-20-40)51(44)36-52(45)66(57(43)49)54-32-38(37-17-10-8-11-18-37)31-53(56(54)63)65(58)41-26-27-47-48(34-41)62(6,7)30-29-61(47,4)5/h8-28,31-36H,29-30H2,1-7H3. The highest BCUT2D eigenvalue weighted by Gasteiger charge is 2.45. The fraction of sp³-hybridized carbons (Fsp3) is 0.194. The van der Waals surface area contributed by atoms with Crippen LogP contribution in [0.3, 0.4) is 0 Å². The van der Waals surface area contributed by atoms with Crippen molar-refractivity contribution in [1.82, 2.24) is 9.13 Å². The summed E-state index contributed by atoms with van der Waals surface area (Å²) >= 11 is 2.00. The zero-order valence-corrected chi connectivity index (χ0v) is 40.1. The van der Waals surface area contributed by atoms with Crippen molar-refractivity contribution in [3.05, 3.63) is 180 Å². The first-order valence-electron chi connectivity index (χ1n) is 24.2. The summed E-state index contributed by atoms with van der Waals surface area (Å²) in [6.07, 6.45) is 2.36. The van der Waals surface area contributed by atoms with Gasteiger partial charge in [0.2, 0.25) is 0 Å². The zero-order valence-electron chi connectivity index (χ0n) is 39.3. The van der Waals surface area contributed by atoms with E-state index in [9.17, 15) is 0 Å². The lowest BCUT2D eigenvalue weighted by molar-refractivity contribution is 0.332. The third kappa shape index (κ3) is 5.41. The summed E-state index contributed by atoms with van der Waals surface area (Å²) in [5.74, 6) is 0. The van der Waals surface area contributed by atoms with E-state index < -0.39 is 0 Å². The number of nitrogens with zero attached hydrogens (tertiary/aromatic N) is 3. The topological polar surface area (TPSA) is 13.1 Å². The van der Waals surface area contributed by atoms with Gasteiger partial charge in [-0.15, -0.1) is 11.3 Å². The van der Waals surface area contributed by atoms with Crippen LogP contribution in [0.15, 0.2) is 164 Å². The molecule has 1 aliphatic carbocycles. The van der Waals surface area contributed by atoms with Gasteiger partial charge in [-0.3, -0.25) is 0 Å². The molecule has 5 heteroatoms. The third-order valence-corrected chi connectivity index (χ3v) is 17.3. The molecule has 0 spiro atoms. The van der Waals surface area contributed by atoms with Crippen LogP contribution in [0.1, 0.15) is 78.0 Å². The number of hydrogen-bond donors (Lipinski definition) is 0. The lowest BCUT2D eigenvalue weighted by Gasteiger charge is -2.43. The maximum Gasteiger partial charge on any atom is 0.264 e. The molecule has 3 aromatic heterocycles. The molecule has 324 valence electrons. The first-order valence-corrected chi connectivity index (χ1v) is 25.0. The van der Waals surface area contributed by atoms with Crippen molar-refractivity contribution in [2.24, 2.45) is 0 Å². The highest BCUT2D eigenvalue weighted by Crippen LogP contribution is 2.52. The molecule has 3 nitrogen and oxygen atoms in total. The Balaban J connectivity index is 1.15. The van der Waals surface area contributed by atoms with Crippen molar-refractivity contribution < 1.29 is 0 Å². The molecule has 0 unspecified atom stereocenters. The van der Waals surface area contributed by atoms with Crippen molar-refractivity contribution in [2.75, 3.05) is 4.90 Å². The van der Waals surface area contributed by atoms with Crippen LogP contribution in [0, 0.1) is 0 Å². The largest absolute Gasteiger partial charge is 0.310 e. The monoisotopic (exact) mass is 881 g/mol. The summed E-state index contributed by atoms with van der Waals surface area (Å²) in [6.45, 7) is 16.9. The van der Waals surface area contributed by atoms with E-state index in [-0.39, 0.29) is 23.0 Å².